The Morgan fingerprint density at radius 2 is 2.10 bits per heavy atom. The summed E-state index contributed by atoms with van der Waals surface area (Å²) in [6.07, 6.45) is 2.88. The maximum atomic E-state index is 14.1. The number of nitrogens with zero attached hydrogens (tertiary/aromatic N) is 2. The fourth-order valence-corrected chi connectivity index (χ4v) is 8.16. The van der Waals surface area contributed by atoms with Crippen molar-refractivity contribution in [2.24, 2.45) is 17.8 Å². The van der Waals surface area contributed by atoms with Crippen molar-refractivity contribution >= 4 is 29.5 Å². The molecule has 0 saturated carbocycles. The second-order valence-electron chi connectivity index (χ2n) is 9.82. The lowest BCUT2D eigenvalue weighted by molar-refractivity contribution is -0.154. The number of carbonyl (C=O) groups is 3. The number of carbonyl (C=O) groups excluding carboxylic acids is 3. The molecule has 3 heterocycles. The zero-order valence-corrected chi connectivity index (χ0v) is 20.1. The van der Waals surface area contributed by atoms with E-state index in [-0.39, 0.29) is 42.2 Å². The number of hydrogen-bond donors (Lipinski definition) is 1. The van der Waals surface area contributed by atoms with E-state index < -0.39 is 28.2 Å². The summed E-state index contributed by atoms with van der Waals surface area (Å²) < 4.78 is 4.69. The van der Waals surface area contributed by atoms with Crippen LogP contribution in [0.15, 0.2) is 12.7 Å². The molecule has 3 saturated heterocycles. The summed E-state index contributed by atoms with van der Waals surface area (Å²) in [5, 5.41) is 9.42. The molecule has 31 heavy (non-hydrogen) atoms. The fraction of sp³-hybridized carbons (Fsp3) is 0.783. The van der Waals surface area contributed by atoms with Crippen molar-refractivity contribution in [3.8, 4) is 0 Å². The Bertz CT molecular complexity index is 751. The molecule has 1 N–H and O–H groups in total. The number of ether oxygens (including phenoxy) is 1. The molecule has 3 rings (SSSR count). The second-order valence-corrected chi connectivity index (χ2v) is 11.4. The second kappa shape index (κ2) is 8.77. The number of likely N-dealkylation sites (tertiary alicyclic amines) is 1. The third kappa shape index (κ3) is 3.69. The fourth-order valence-electron chi connectivity index (χ4n) is 5.76. The molecule has 3 fully saturated rings. The SMILES string of the molecule is C=CCN(C(=O)C1N(CCCO)C(=O)[C@@H]2[C@@H](C(=O)OCC)[C@H]3CC(C)C12S3)C(C)(C)C. The van der Waals surface area contributed by atoms with Gasteiger partial charge in [0.1, 0.15) is 6.04 Å². The van der Waals surface area contributed by atoms with Gasteiger partial charge in [0, 0.05) is 30.5 Å². The van der Waals surface area contributed by atoms with Crippen LogP contribution in [-0.4, -0.2) is 80.6 Å². The highest BCUT2D eigenvalue weighted by molar-refractivity contribution is 8.02. The van der Waals surface area contributed by atoms with Crippen LogP contribution in [0.25, 0.3) is 0 Å². The molecule has 3 aliphatic heterocycles. The Morgan fingerprint density at radius 3 is 2.65 bits per heavy atom. The number of aliphatic hydroxyl groups is 1. The number of amides is 2. The normalized spacial score (nSPS) is 34.1. The van der Waals surface area contributed by atoms with E-state index in [2.05, 4.69) is 13.5 Å². The summed E-state index contributed by atoms with van der Waals surface area (Å²) in [5.74, 6) is -1.57. The van der Waals surface area contributed by atoms with Crippen LogP contribution >= 0.6 is 11.8 Å². The first-order chi connectivity index (χ1) is 14.6. The summed E-state index contributed by atoms with van der Waals surface area (Å²) in [6.45, 7) is 14.5. The van der Waals surface area contributed by atoms with Crippen molar-refractivity contribution in [2.45, 2.75) is 69.0 Å². The van der Waals surface area contributed by atoms with E-state index in [0.717, 1.165) is 6.42 Å². The van der Waals surface area contributed by atoms with Gasteiger partial charge >= 0.3 is 5.97 Å². The molecule has 7 nitrogen and oxygen atoms in total. The van der Waals surface area contributed by atoms with Gasteiger partial charge in [0.25, 0.3) is 0 Å². The highest BCUT2D eigenvalue weighted by Crippen LogP contribution is 2.68. The predicted octanol–water partition coefficient (Wildman–Crippen LogP) is 2.08. The summed E-state index contributed by atoms with van der Waals surface area (Å²) in [6, 6.07) is -0.667. The third-order valence-electron chi connectivity index (χ3n) is 6.98. The van der Waals surface area contributed by atoms with E-state index in [4.69, 9.17) is 4.74 Å². The Hall–Kier alpha value is -1.54. The van der Waals surface area contributed by atoms with Gasteiger partial charge in [-0.15, -0.1) is 18.3 Å². The predicted molar refractivity (Wildman–Crippen MR) is 120 cm³/mol. The zero-order valence-electron chi connectivity index (χ0n) is 19.3. The van der Waals surface area contributed by atoms with E-state index in [1.165, 1.54) is 0 Å². The Balaban J connectivity index is 2.09. The van der Waals surface area contributed by atoms with Crippen LogP contribution in [0.2, 0.25) is 0 Å². The molecule has 174 valence electrons. The quantitative estimate of drug-likeness (QED) is 0.448. The molecule has 0 aromatic heterocycles. The van der Waals surface area contributed by atoms with E-state index in [1.54, 1.807) is 34.6 Å². The lowest BCUT2D eigenvalue weighted by atomic mass is 9.66. The zero-order chi connectivity index (χ0) is 23.1. The van der Waals surface area contributed by atoms with E-state index in [1.807, 2.05) is 20.8 Å². The number of esters is 1. The molecule has 3 unspecified atom stereocenters. The van der Waals surface area contributed by atoms with Gasteiger partial charge in [-0.1, -0.05) is 13.0 Å². The Kier molecular flexibility index (Phi) is 6.82. The van der Waals surface area contributed by atoms with Crippen molar-refractivity contribution < 1.29 is 24.2 Å². The molecule has 0 aromatic rings. The Morgan fingerprint density at radius 1 is 1.42 bits per heavy atom. The van der Waals surface area contributed by atoms with Gasteiger partial charge in [-0.3, -0.25) is 14.4 Å². The highest BCUT2D eigenvalue weighted by Gasteiger charge is 2.76. The number of aliphatic hydroxyl groups excluding tert-OH is 1. The summed E-state index contributed by atoms with van der Waals surface area (Å²) in [7, 11) is 0. The van der Waals surface area contributed by atoms with Crippen LogP contribution < -0.4 is 0 Å². The van der Waals surface area contributed by atoms with Crippen LogP contribution in [0, 0.1) is 17.8 Å². The van der Waals surface area contributed by atoms with Crippen molar-refractivity contribution in [3.63, 3.8) is 0 Å². The van der Waals surface area contributed by atoms with Gasteiger partial charge in [0.2, 0.25) is 11.8 Å². The van der Waals surface area contributed by atoms with Gasteiger partial charge in [0.15, 0.2) is 0 Å². The summed E-state index contributed by atoms with van der Waals surface area (Å²) in [5.41, 5.74) is -0.448. The van der Waals surface area contributed by atoms with Crippen LogP contribution in [0.1, 0.15) is 47.5 Å². The molecule has 1 spiro atoms. The first-order valence-corrected chi connectivity index (χ1v) is 12.1. The molecular weight excluding hydrogens is 416 g/mol. The smallest absolute Gasteiger partial charge is 0.310 e. The lowest BCUT2D eigenvalue weighted by Crippen LogP contribution is -2.60. The minimum Gasteiger partial charge on any atom is -0.466 e. The van der Waals surface area contributed by atoms with E-state index >= 15 is 0 Å². The van der Waals surface area contributed by atoms with Crippen molar-refractivity contribution in [1.29, 1.82) is 0 Å². The maximum absolute atomic E-state index is 14.1. The molecule has 2 amide bonds. The average Bonchev–Trinajstić information content (AvgIpc) is 3.27. The molecule has 0 aliphatic carbocycles. The maximum Gasteiger partial charge on any atom is 0.310 e. The molecule has 3 aliphatic rings. The minimum atomic E-state index is -0.667. The highest BCUT2D eigenvalue weighted by atomic mass is 32.2. The van der Waals surface area contributed by atoms with E-state index in [9.17, 15) is 19.5 Å². The number of fused-ring (bicyclic) bond motifs is 1. The summed E-state index contributed by atoms with van der Waals surface area (Å²) >= 11 is 1.64. The number of hydrogen-bond acceptors (Lipinski definition) is 6. The molecule has 2 bridgehead atoms. The molecule has 0 radical (unpaired) electrons. The average molecular weight is 453 g/mol. The largest absolute Gasteiger partial charge is 0.466 e. The van der Waals surface area contributed by atoms with Crippen LogP contribution in [0.5, 0.6) is 0 Å². The molecule has 0 aromatic carbocycles. The van der Waals surface area contributed by atoms with E-state index in [0.29, 0.717) is 19.5 Å². The summed E-state index contributed by atoms with van der Waals surface area (Å²) in [4.78, 5) is 44.1. The molecule has 8 heteroatoms. The topological polar surface area (TPSA) is 87.2 Å². The Labute approximate surface area is 189 Å². The van der Waals surface area contributed by atoms with Crippen LogP contribution in [0.3, 0.4) is 0 Å². The van der Waals surface area contributed by atoms with Gasteiger partial charge in [-0.05, 0) is 46.5 Å². The van der Waals surface area contributed by atoms with Gasteiger partial charge in [0.05, 0.1) is 23.2 Å². The lowest BCUT2D eigenvalue weighted by Gasteiger charge is -2.44. The van der Waals surface area contributed by atoms with Gasteiger partial charge < -0.3 is 19.6 Å². The first-order valence-electron chi connectivity index (χ1n) is 11.2. The van der Waals surface area contributed by atoms with Crippen molar-refractivity contribution in [1.82, 2.24) is 9.80 Å². The van der Waals surface area contributed by atoms with Crippen LogP contribution in [-0.2, 0) is 19.1 Å². The first kappa shape index (κ1) is 24.1. The molecular formula is C23H36N2O5S. The van der Waals surface area contributed by atoms with Gasteiger partial charge in [-0.2, -0.15) is 0 Å². The number of thioether (sulfide) groups is 1. The van der Waals surface area contributed by atoms with Crippen molar-refractivity contribution in [3.05, 3.63) is 12.7 Å². The van der Waals surface area contributed by atoms with Crippen LogP contribution in [0.4, 0.5) is 0 Å². The monoisotopic (exact) mass is 452 g/mol. The molecule has 6 atom stereocenters. The third-order valence-corrected chi connectivity index (χ3v) is 9.06. The van der Waals surface area contributed by atoms with Crippen molar-refractivity contribution in [2.75, 3.05) is 26.3 Å². The standard InChI is InChI=1S/C23H36N2O5S/c1-7-10-25(22(4,5)6)20(28)18-23-14(3)13-15(31-23)16(21(29)30-8-2)17(23)19(27)24(18)11-9-12-26/h7,14-18,26H,1,8-13H2,2-6H3/t14?,15-,16+,17+,18?,23?/m1/s1. The number of rotatable bonds is 8. The minimum absolute atomic E-state index is 0.0132. The van der Waals surface area contributed by atoms with Gasteiger partial charge in [-0.25, -0.2) is 0 Å².